The molecule has 0 aromatic heterocycles. The van der Waals surface area contributed by atoms with Gasteiger partial charge in [-0.05, 0) is 6.54 Å². The molecule has 3 saturated heterocycles. The number of rotatable bonds is 10. The Balaban J connectivity index is 1.89. The molecule has 3 fully saturated rings. The molecule has 0 aromatic carbocycles. The number of carbonyl (C=O) groups excluding carboxylic acids is 1. The zero-order valence-electron chi connectivity index (χ0n) is 22.0. The fourth-order valence-electron chi connectivity index (χ4n) is 4.95. The molecule has 1 amide bonds. The first-order valence-electron chi connectivity index (χ1n) is 12.7. The van der Waals surface area contributed by atoms with Gasteiger partial charge in [-0.15, -0.1) is 0 Å². The van der Waals surface area contributed by atoms with Gasteiger partial charge in [0.05, 0.1) is 6.61 Å². The molecular weight excluding hydrogens is 580 g/mol. The van der Waals surface area contributed by atoms with Crippen molar-refractivity contribution < 1.29 is 89.1 Å². The van der Waals surface area contributed by atoms with E-state index in [0.29, 0.717) is 0 Å². The number of hydrogen-bond donors (Lipinski definition) is 12. The Bertz CT molecular complexity index is 974. The summed E-state index contributed by atoms with van der Waals surface area (Å²) in [6.45, 7) is -0.241. The highest BCUT2D eigenvalue weighted by Crippen LogP contribution is 2.35. The highest BCUT2D eigenvalue weighted by Gasteiger charge is 2.58. The van der Waals surface area contributed by atoms with Crippen molar-refractivity contribution in [3.63, 3.8) is 0 Å². The van der Waals surface area contributed by atoms with Gasteiger partial charge >= 0.3 is 11.9 Å². The van der Waals surface area contributed by atoms with E-state index in [4.69, 9.17) is 29.4 Å². The minimum atomic E-state index is -2.58. The van der Waals surface area contributed by atoms with Gasteiger partial charge in [0.15, 0.2) is 30.6 Å². The maximum atomic E-state index is 12.0. The molecule has 20 nitrogen and oxygen atoms in total. The fraction of sp³-hybridized carbons (Fsp3) is 0.864. The van der Waals surface area contributed by atoms with E-state index in [1.807, 2.05) is 0 Å². The molecule has 42 heavy (non-hydrogen) atoms. The Morgan fingerprint density at radius 3 is 1.95 bits per heavy atom. The molecule has 3 heterocycles. The van der Waals surface area contributed by atoms with Gasteiger partial charge in [-0.2, -0.15) is 0 Å². The van der Waals surface area contributed by atoms with Gasteiger partial charge in [-0.25, -0.2) is 9.59 Å². The molecule has 0 aromatic rings. The monoisotopic (exact) mass is 616 g/mol. The highest BCUT2D eigenvalue weighted by molar-refractivity contribution is 5.74. The Morgan fingerprint density at radius 1 is 0.833 bits per heavy atom. The van der Waals surface area contributed by atoms with Crippen LogP contribution >= 0.6 is 0 Å². The number of carboxylic acids is 2. The Morgan fingerprint density at radius 2 is 1.43 bits per heavy atom. The van der Waals surface area contributed by atoms with Crippen molar-refractivity contribution >= 4 is 17.8 Å². The van der Waals surface area contributed by atoms with Crippen molar-refractivity contribution in [3.05, 3.63) is 0 Å². The van der Waals surface area contributed by atoms with E-state index in [-0.39, 0.29) is 6.54 Å². The number of ether oxygens (including phenoxy) is 5. The number of carboxylic acid groups (broad SMARTS) is 2. The number of carbonyl (C=O) groups is 3. The molecule has 0 unspecified atom stereocenters. The number of nitrogens with one attached hydrogen (secondary N) is 1. The minimum absolute atomic E-state index is 0.275. The van der Waals surface area contributed by atoms with Crippen LogP contribution in [0.15, 0.2) is 0 Å². The number of aliphatic hydroxyl groups is 8. The number of aliphatic hydroxyl groups excluding tert-OH is 7. The van der Waals surface area contributed by atoms with Crippen LogP contribution in [0.4, 0.5) is 0 Å². The second-order valence-corrected chi connectivity index (χ2v) is 10.1. The maximum Gasteiger partial charge on any atom is 0.335 e. The zero-order chi connectivity index (χ0) is 31.7. The van der Waals surface area contributed by atoms with Crippen molar-refractivity contribution in [2.24, 2.45) is 5.73 Å². The largest absolute Gasteiger partial charge is 0.479 e. The van der Waals surface area contributed by atoms with E-state index < -0.39 is 122 Å². The van der Waals surface area contributed by atoms with E-state index in [9.17, 15) is 65.4 Å². The Kier molecular flexibility index (Phi) is 11.2. The Hall–Kier alpha value is -2.15. The van der Waals surface area contributed by atoms with Gasteiger partial charge in [0.2, 0.25) is 5.91 Å². The van der Waals surface area contributed by atoms with Gasteiger partial charge in [0, 0.05) is 13.3 Å². The maximum absolute atomic E-state index is 12.0. The predicted octanol–water partition coefficient (Wildman–Crippen LogP) is -7.53. The molecule has 0 bridgehead atoms. The average molecular weight is 617 g/mol. The summed E-state index contributed by atoms with van der Waals surface area (Å²) in [5, 5.41) is 104. The molecule has 0 aliphatic carbocycles. The number of aliphatic carboxylic acids is 2. The summed E-state index contributed by atoms with van der Waals surface area (Å²) in [5.74, 6) is -6.87. The first-order valence-corrected chi connectivity index (χ1v) is 12.7. The molecular formula is C22H36N2O18. The van der Waals surface area contributed by atoms with E-state index in [0.717, 1.165) is 6.92 Å². The second-order valence-electron chi connectivity index (χ2n) is 10.1. The third-order valence-electron chi connectivity index (χ3n) is 7.12. The van der Waals surface area contributed by atoms with E-state index >= 15 is 0 Å². The predicted molar refractivity (Wildman–Crippen MR) is 127 cm³/mol. The van der Waals surface area contributed by atoms with Gasteiger partial charge in [-0.1, -0.05) is 0 Å². The first kappa shape index (κ1) is 34.3. The third-order valence-corrected chi connectivity index (χ3v) is 7.12. The van der Waals surface area contributed by atoms with Crippen molar-refractivity contribution in [1.82, 2.24) is 5.32 Å². The minimum Gasteiger partial charge on any atom is -0.479 e. The molecule has 20 heteroatoms. The highest BCUT2D eigenvalue weighted by atomic mass is 16.7. The fourth-order valence-corrected chi connectivity index (χ4v) is 4.95. The van der Waals surface area contributed by atoms with Crippen LogP contribution in [0.1, 0.15) is 13.3 Å². The van der Waals surface area contributed by atoms with Crippen LogP contribution in [0.2, 0.25) is 0 Å². The van der Waals surface area contributed by atoms with Crippen molar-refractivity contribution in [1.29, 1.82) is 0 Å². The smallest absolute Gasteiger partial charge is 0.335 e. The number of amides is 1. The van der Waals surface area contributed by atoms with Crippen LogP contribution in [0.25, 0.3) is 0 Å². The summed E-state index contributed by atoms with van der Waals surface area (Å²) in [6, 6.07) is -1.69. The standard InChI is InChI=1S/C22H36N2O18/c1-5(26)24-7-8(27)13(39-21-11(30)9(28)10(29)15(41-21)18(33)34)6(4-25)38-20(7)40-14-12(31)17(32)22(37,2-3-23)42-16(14)19(35)36/h6-17,20-21,25,27-32,37H,2-4,23H2,1H3,(H,24,26)(H,33,34)(H,35,36)/t6-,7-,8-,9+,10+,11-,12+,13-,14+,15+,16+,17-,20-,21-,22-/m1/s1. The SMILES string of the molecule is CC(=O)N[C@H]1[C@@H](O[C@H]2[C@H](O)[C@@H](O)[C@@](O)(CCN)O[C@@H]2C(=O)O)O[C@H](CO)[C@@H](O[C@@H]2O[C@H](C(=O)O)[C@@H](O)[C@H](O)[C@H]2O)[C@@H]1O. The van der Waals surface area contributed by atoms with Crippen LogP contribution in [0.5, 0.6) is 0 Å². The molecule has 15 atom stereocenters. The molecule has 0 spiro atoms. The Labute approximate surface area is 236 Å². The lowest BCUT2D eigenvalue weighted by atomic mass is 9.90. The summed E-state index contributed by atoms with van der Waals surface area (Å²) >= 11 is 0. The lowest BCUT2D eigenvalue weighted by Crippen LogP contribution is -2.71. The summed E-state index contributed by atoms with van der Waals surface area (Å²) in [4.78, 5) is 35.3. The zero-order valence-corrected chi connectivity index (χ0v) is 22.0. The van der Waals surface area contributed by atoms with Gasteiger partial charge in [0.25, 0.3) is 0 Å². The average Bonchev–Trinajstić information content (AvgIpc) is 2.91. The molecule has 3 aliphatic rings. The molecule has 13 N–H and O–H groups in total. The van der Waals surface area contributed by atoms with Crippen LogP contribution in [0.3, 0.4) is 0 Å². The number of nitrogens with two attached hydrogens (primary N) is 1. The van der Waals surface area contributed by atoms with Crippen LogP contribution in [-0.4, -0.2) is 174 Å². The van der Waals surface area contributed by atoms with Crippen LogP contribution in [-0.2, 0) is 38.1 Å². The summed E-state index contributed by atoms with van der Waals surface area (Å²) in [6.07, 6.45) is -26.5. The molecule has 3 aliphatic heterocycles. The van der Waals surface area contributed by atoms with E-state index in [1.165, 1.54) is 0 Å². The van der Waals surface area contributed by atoms with Gasteiger partial charge in [0.1, 0.15) is 61.0 Å². The summed E-state index contributed by atoms with van der Waals surface area (Å²) in [5.41, 5.74) is 5.38. The van der Waals surface area contributed by atoms with Crippen molar-refractivity contribution in [3.8, 4) is 0 Å². The van der Waals surface area contributed by atoms with Crippen molar-refractivity contribution in [2.45, 2.75) is 105 Å². The van der Waals surface area contributed by atoms with Crippen LogP contribution in [0, 0.1) is 0 Å². The van der Waals surface area contributed by atoms with Crippen molar-refractivity contribution in [2.75, 3.05) is 13.2 Å². The molecule has 242 valence electrons. The third kappa shape index (κ3) is 6.81. The number of hydrogen-bond acceptors (Lipinski definition) is 17. The molecule has 0 radical (unpaired) electrons. The van der Waals surface area contributed by atoms with Gasteiger partial charge < -0.3 is 85.8 Å². The molecule has 0 saturated carbocycles. The van der Waals surface area contributed by atoms with Crippen LogP contribution < -0.4 is 11.1 Å². The molecule has 3 rings (SSSR count). The van der Waals surface area contributed by atoms with E-state index in [2.05, 4.69) is 5.32 Å². The van der Waals surface area contributed by atoms with Gasteiger partial charge in [-0.3, -0.25) is 4.79 Å². The summed E-state index contributed by atoms with van der Waals surface area (Å²) < 4.78 is 26.8. The van der Waals surface area contributed by atoms with E-state index in [1.54, 1.807) is 0 Å². The summed E-state index contributed by atoms with van der Waals surface area (Å²) in [7, 11) is 0. The normalized spacial score (nSPS) is 46.1. The quantitative estimate of drug-likeness (QED) is 0.108. The lowest BCUT2D eigenvalue weighted by molar-refractivity contribution is -0.378. The lowest BCUT2D eigenvalue weighted by Gasteiger charge is -2.50. The topological polar surface area (TPSA) is 338 Å². The first-order chi connectivity index (χ1) is 19.6. The second kappa shape index (κ2) is 13.7.